The zero-order valence-electron chi connectivity index (χ0n) is 21.6. The molecular weight excluding hydrogens is 376 g/mol. The third-order valence-electron chi connectivity index (χ3n) is 6.69. The van der Waals surface area contributed by atoms with E-state index in [0.29, 0.717) is 5.82 Å². The highest BCUT2D eigenvalue weighted by molar-refractivity contribution is 4.89. The van der Waals surface area contributed by atoms with Gasteiger partial charge >= 0.3 is 0 Å². The van der Waals surface area contributed by atoms with E-state index in [-0.39, 0.29) is 0 Å². The molecule has 0 saturated carbocycles. The molecule has 0 unspecified atom stereocenters. The lowest BCUT2D eigenvalue weighted by molar-refractivity contribution is 0.516. The van der Waals surface area contributed by atoms with Crippen LogP contribution in [0.2, 0.25) is 0 Å². The molecule has 0 fully saturated rings. The van der Waals surface area contributed by atoms with E-state index in [1.807, 2.05) is 6.08 Å². The van der Waals surface area contributed by atoms with Crippen LogP contribution in [0.5, 0.6) is 0 Å². The van der Waals surface area contributed by atoms with Gasteiger partial charge in [0.15, 0.2) is 0 Å². The van der Waals surface area contributed by atoms with Crippen LogP contribution in [-0.4, -0.2) is 0 Å². The predicted molar refractivity (Wildman–Crippen MR) is 142 cm³/mol. The minimum atomic E-state index is 0.476. The van der Waals surface area contributed by atoms with Crippen LogP contribution in [0.15, 0.2) is 11.9 Å². The van der Waals surface area contributed by atoms with Crippen molar-refractivity contribution in [1.29, 1.82) is 0 Å². The first-order chi connectivity index (χ1) is 15.3. The molecule has 0 amide bonds. The summed E-state index contributed by atoms with van der Waals surface area (Å²) in [6, 6.07) is 0. The summed E-state index contributed by atoms with van der Waals surface area (Å²) in [4.78, 5) is 0. The molecular formula is C29H60N2. The predicted octanol–water partition coefficient (Wildman–Crippen LogP) is 9.91. The highest BCUT2D eigenvalue weighted by Crippen LogP contribution is 2.15. The van der Waals surface area contributed by atoms with Crippen molar-refractivity contribution in [1.82, 2.24) is 0 Å². The number of unbranched alkanes of at least 4 members (excludes halogenated alkanes) is 25. The number of hydrogen-bond acceptors (Lipinski definition) is 2. The Morgan fingerprint density at radius 1 is 0.387 bits per heavy atom. The maximum Gasteiger partial charge on any atom is 0.0892 e. The monoisotopic (exact) mass is 436 g/mol. The van der Waals surface area contributed by atoms with E-state index < -0.39 is 0 Å². The van der Waals surface area contributed by atoms with Crippen molar-refractivity contribution in [2.75, 3.05) is 0 Å². The van der Waals surface area contributed by atoms with E-state index in [1.165, 1.54) is 161 Å². The summed E-state index contributed by atoms with van der Waals surface area (Å²) in [6.45, 7) is 2.30. The second kappa shape index (κ2) is 27.4. The first-order valence-electron chi connectivity index (χ1n) is 14.5. The van der Waals surface area contributed by atoms with Crippen molar-refractivity contribution in [3.63, 3.8) is 0 Å². The minimum absolute atomic E-state index is 0.476. The SMILES string of the molecule is CCCCCCCCCCCCCCCCCCCCCCCCCCCC=C(N)N. The van der Waals surface area contributed by atoms with Gasteiger partial charge in [-0.3, -0.25) is 0 Å². The molecule has 0 rings (SSSR count). The normalized spacial score (nSPS) is 11.1. The number of nitrogens with two attached hydrogens (primary N) is 2. The van der Waals surface area contributed by atoms with E-state index >= 15 is 0 Å². The Morgan fingerprint density at radius 2 is 0.613 bits per heavy atom. The van der Waals surface area contributed by atoms with Gasteiger partial charge in [-0.1, -0.05) is 161 Å². The lowest BCUT2D eigenvalue weighted by Crippen LogP contribution is -2.07. The Kier molecular flexibility index (Phi) is 26.8. The van der Waals surface area contributed by atoms with Gasteiger partial charge in [0.2, 0.25) is 0 Å². The first kappa shape index (κ1) is 30.3. The number of hydrogen-bond donors (Lipinski definition) is 2. The zero-order chi connectivity index (χ0) is 22.7. The van der Waals surface area contributed by atoms with Gasteiger partial charge < -0.3 is 11.5 Å². The van der Waals surface area contributed by atoms with Gasteiger partial charge in [-0.15, -0.1) is 0 Å². The summed E-state index contributed by atoms with van der Waals surface area (Å²) in [5.41, 5.74) is 10.9. The van der Waals surface area contributed by atoms with E-state index in [2.05, 4.69) is 6.92 Å². The van der Waals surface area contributed by atoms with Crippen LogP contribution in [-0.2, 0) is 0 Å². The number of rotatable bonds is 26. The lowest BCUT2D eigenvalue weighted by Gasteiger charge is -2.04. The van der Waals surface area contributed by atoms with Crippen molar-refractivity contribution < 1.29 is 0 Å². The fourth-order valence-corrected chi connectivity index (χ4v) is 4.55. The molecule has 2 heteroatoms. The molecule has 0 atom stereocenters. The third kappa shape index (κ3) is 29.3. The molecule has 0 aromatic heterocycles. The Balaban J connectivity index is 3.01. The summed E-state index contributed by atoms with van der Waals surface area (Å²) in [5.74, 6) is 0.476. The van der Waals surface area contributed by atoms with Crippen LogP contribution < -0.4 is 11.5 Å². The Bertz CT molecular complexity index is 347. The molecule has 0 bridgehead atoms. The van der Waals surface area contributed by atoms with Crippen molar-refractivity contribution in [2.24, 2.45) is 11.5 Å². The van der Waals surface area contributed by atoms with Crippen LogP contribution in [0.1, 0.15) is 174 Å². The molecule has 0 saturated heterocycles. The fourth-order valence-electron chi connectivity index (χ4n) is 4.55. The molecule has 0 aliphatic heterocycles. The molecule has 2 nitrogen and oxygen atoms in total. The van der Waals surface area contributed by atoms with Gasteiger partial charge in [0, 0.05) is 0 Å². The second-order valence-electron chi connectivity index (χ2n) is 9.98. The minimum Gasteiger partial charge on any atom is -0.386 e. The molecule has 0 aliphatic carbocycles. The molecule has 0 aliphatic rings. The molecule has 4 N–H and O–H groups in total. The van der Waals surface area contributed by atoms with Crippen LogP contribution in [0.4, 0.5) is 0 Å². The van der Waals surface area contributed by atoms with Crippen molar-refractivity contribution in [2.45, 2.75) is 174 Å². The van der Waals surface area contributed by atoms with Crippen molar-refractivity contribution >= 4 is 0 Å². The second-order valence-corrected chi connectivity index (χ2v) is 9.98. The van der Waals surface area contributed by atoms with Gasteiger partial charge in [0.25, 0.3) is 0 Å². The lowest BCUT2D eigenvalue weighted by atomic mass is 10.0. The molecule has 0 aromatic rings. The van der Waals surface area contributed by atoms with E-state index in [4.69, 9.17) is 11.5 Å². The quantitative estimate of drug-likeness (QED) is 0.132. The Hall–Kier alpha value is -0.660. The van der Waals surface area contributed by atoms with E-state index in [1.54, 1.807) is 0 Å². The highest BCUT2D eigenvalue weighted by Gasteiger charge is 1.96. The van der Waals surface area contributed by atoms with Crippen molar-refractivity contribution in [3.05, 3.63) is 11.9 Å². The van der Waals surface area contributed by atoms with Gasteiger partial charge in [0.1, 0.15) is 0 Å². The smallest absolute Gasteiger partial charge is 0.0892 e. The highest BCUT2D eigenvalue weighted by atomic mass is 14.8. The van der Waals surface area contributed by atoms with Crippen LogP contribution in [0.25, 0.3) is 0 Å². The van der Waals surface area contributed by atoms with Crippen molar-refractivity contribution in [3.8, 4) is 0 Å². The first-order valence-corrected chi connectivity index (χ1v) is 14.5. The maximum atomic E-state index is 5.43. The largest absolute Gasteiger partial charge is 0.386 e. The fraction of sp³-hybridized carbons (Fsp3) is 0.931. The van der Waals surface area contributed by atoms with Gasteiger partial charge in [0.05, 0.1) is 5.82 Å². The number of allylic oxidation sites excluding steroid dienone is 1. The van der Waals surface area contributed by atoms with Gasteiger partial charge in [-0.25, -0.2) is 0 Å². The Morgan fingerprint density at radius 3 is 0.839 bits per heavy atom. The molecule has 186 valence electrons. The molecule has 0 spiro atoms. The molecule has 0 radical (unpaired) electrons. The van der Waals surface area contributed by atoms with E-state index in [9.17, 15) is 0 Å². The summed E-state index contributed by atoms with van der Waals surface area (Å²) < 4.78 is 0. The average Bonchev–Trinajstić information content (AvgIpc) is 2.76. The average molecular weight is 437 g/mol. The Labute approximate surface area is 197 Å². The van der Waals surface area contributed by atoms with Gasteiger partial charge in [-0.05, 0) is 18.9 Å². The third-order valence-corrected chi connectivity index (χ3v) is 6.69. The topological polar surface area (TPSA) is 52.0 Å². The van der Waals surface area contributed by atoms with Gasteiger partial charge in [-0.2, -0.15) is 0 Å². The zero-order valence-corrected chi connectivity index (χ0v) is 21.6. The summed E-state index contributed by atoms with van der Waals surface area (Å²) in [6.07, 6.45) is 39.0. The summed E-state index contributed by atoms with van der Waals surface area (Å²) >= 11 is 0. The van der Waals surface area contributed by atoms with Crippen LogP contribution >= 0.6 is 0 Å². The summed E-state index contributed by atoms with van der Waals surface area (Å²) in [5, 5.41) is 0. The maximum absolute atomic E-state index is 5.43. The van der Waals surface area contributed by atoms with Crippen LogP contribution in [0, 0.1) is 0 Å². The molecule has 31 heavy (non-hydrogen) atoms. The summed E-state index contributed by atoms with van der Waals surface area (Å²) in [7, 11) is 0. The molecule has 0 aromatic carbocycles. The molecule has 0 heterocycles. The van der Waals surface area contributed by atoms with Crippen LogP contribution in [0.3, 0.4) is 0 Å². The standard InChI is InChI=1S/C29H60N2/c1-2-3-4-5-6-7-8-9-10-11-12-13-14-15-16-17-18-19-20-21-22-23-24-25-26-27-28-29(30)31/h28H,2-27,30-31H2,1H3. The van der Waals surface area contributed by atoms with E-state index in [0.717, 1.165) is 6.42 Å².